The summed E-state index contributed by atoms with van der Waals surface area (Å²) in [5.41, 5.74) is 1.17. The van der Waals surface area contributed by atoms with Crippen LogP contribution in [0.3, 0.4) is 0 Å². The summed E-state index contributed by atoms with van der Waals surface area (Å²) in [5, 5.41) is 0. The van der Waals surface area contributed by atoms with Crippen LogP contribution in [-0.2, 0) is 0 Å². The first kappa shape index (κ1) is 27.0. The van der Waals surface area contributed by atoms with Gasteiger partial charge < -0.3 is 0 Å². The number of unbranched alkanes of at least 4 members (excludes halogenated alkanes) is 12. The summed E-state index contributed by atoms with van der Waals surface area (Å²) in [6, 6.07) is 0. The molecule has 0 unspecified atom stereocenters. The van der Waals surface area contributed by atoms with Crippen molar-refractivity contribution >= 4 is 0 Å². The maximum atomic E-state index is 2.49. The summed E-state index contributed by atoms with van der Waals surface area (Å²) >= 11 is 0. The average molecular weight is 381 g/mol. The summed E-state index contributed by atoms with van der Waals surface area (Å²) < 4.78 is 0. The Labute approximate surface area is 174 Å². The normalized spacial score (nSPS) is 12.7. The minimum atomic E-state index is 0.582. The Morgan fingerprint density at radius 1 is 0.333 bits per heavy atom. The smallest absolute Gasteiger partial charge is 0.0354 e. The van der Waals surface area contributed by atoms with Crippen LogP contribution in [0.4, 0.5) is 0 Å². The molecule has 0 atom stereocenters. The fourth-order valence-electron chi connectivity index (χ4n) is 4.38. The molecule has 0 nitrogen and oxygen atoms in total. The number of rotatable bonds is 20. The molecule has 0 saturated heterocycles. The third-order valence-corrected chi connectivity index (χ3v) is 6.62. The molecule has 0 aromatic heterocycles. The zero-order chi connectivity index (χ0) is 20.4. The van der Waals surface area contributed by atoms with Gasteiger partial charge in [0.2, 0.25) is 0 Å². The van der Waals surface area contributed by atoms with Crippen molar-refractivity contribution in [1.82, 2.24) is 0 Å². The Bertz CT molecular complexity index is 299. The molecule has 27 heavy (non-hydrogen) atoms. The van der Waals surface area contributed by atoms with Crippen molar-refractivity contribution in [2.75, 3.05) is 0 Å². The second-order valence-electron chi connectivity index (χ2n) is 10.9. The highest BCUT2D eigenvalue weighted by Crippen LogP contribution is 2.31. The molecule has 0 rings (SSSR count). The van der Waals surface area contributed by atoms with Gasteiger partial charge >= 0.3 is 0 Å². The summed E-state index contributed by atoms with van der Waals surface area (Å²) in [6.45, 7) is 14.5. The first-order valence-corrected chi connectivity index (χ1v) is 12.8. The van der Waals surface area contributed by atoms with Gasteiger partial charge in [-0.05, 0) is 36.5 Å². The van der Waals surface area contributed by atoms with Gasteiger partial charge in [0, 0.05) is 0 Å². The molecule has 0 heteroatoms. The molecule has 0 aromatic rings. The minimum Gasteiger partial charge on any atom is -0.0654 e. The predicted molar refractivity (Wildman–Crippen MR) is 127 cm³/mol. The van der Waals surface area contributed by atoms with E-state index < -0.39 is 0 Å². The zero-order valence-electron chi connectivity index (χ0n) is 20.4. The first-order valence-electron chi connectivity index (χ1n) is 12.8. The number of hydrogen-bond acceptors (Lipinski definition) is 0. The van der Waals surface area contributed by atoms with Crippen LogP contribution in [0.25, 0.3) is 0 Å². The van der Waals surface area contributed by atoms with E-state index in [1.54, 1.807) is 0 Å². The lowest BCUT2D eigenvalue weighted by atomic mass is 9.82. The first-order chi connectivity index (χ1) is 12.8. The lowest BCUT2D eigenvalue weighted by Gasteiger charge is -2.24. The van der Waals surface area contributed by atoms with E-state index in [4.69, 9.17) is 0 Å². The molecule has 0 aromatic carbocycles. The second kappa shape index (κ2) is 16.9. The van der Waals surface area contributed by atoms with Crippen molar-refractivity contribution < 1.29 is 0 Å². The predicted octanol–water partition coefficient (Wildman–Crippen LogP) is 10.5. The lowest BCUT2D eigenvalue weighted by Crippen LogP contribution is -2.11. The minimum absolute atomic E-state index is 0.582. The van der Waals surface area contributed by atoms with Crippen LogP contribution in [-0.4, -0.2) is 0 Å². The Hall–Kier alpha value is 0. The SMILES string of the molecule is CCCCCCC(C)(C)CCCCCCCCCCCC(C)(C)CCCC. The topological polar surface area (TPSA) is 0 Å². The Morgan fingerprint density at radius 3 is 0.926 bits per heavy atom. The zero-order valence-corrected chi connectivity index (χ0v) is 20.4. The van der Waals surface area contributed by atoms with Gasteiger partial charge in [0.25, 0.3) is 0 Å². The fourth-order valence-corrected chi connectivity index (χ4v) is 4.38. The van der Waals surface area contributed by atoms with Gasteiger partial charge in [0.15, 0.2) is 0 Å². The summed E-state index contributed by atoms with van der Waals surface area (Å²) in [7, 11) is 0. The largest absolute Gasteiger partial charge is 0.0654 e. The van der Waals surface area contributed by atoms with E-state index in [2.05, 4.69) is 41.5 Å². The van der Waals surface area contributed by atoms with Crippen LogP contribution in [0.15, 0.2) is 0 Å². The van der Waals surface area contributed by atoms with Gasteiger partial charge in [-0.15, -0.1) is 0 Å². The molecule has 164 valence electrons. The van der Waals surface area contributed by atoms with Crippen LogP contribution < -0.4 is 0 Å². The number of hydrogen-bond donors (Lipinski definition) is 0. The second-order valence-corrected chi connectivity index (χ2v) is 10.9. The van der Waals surface area contributed by atoms with Crippen molar-refractivity contribution in [2.45, 2.75) is 164 Å². The monoisotopic (exact) mass is 380 g/mol. The molecule has 0 aliphatic heterocycles. The van der Waals surface area contributed by atoms with Gasteiger partial charge in [-0.2, -0.15) is 0 Å². The molecule has 0 N–H and O–H groups in total. The van der Waals surface area contributed by atoms with E-state index in [0.717, 1.165) is 0 Å². The van der Waals surface area contributed by atoms with Crippen LogP contribution >= 0.6 is 0 Å². The van der Waals surface area contributed by atoms with Crippen LogP contribution in [0.1, 0.15) is 164 Å². The highest BCUT2D eigenvalue weighted by molar-refractivity contribution is 4.69. The molecule has 0 amide bonds. The summed E-state index contributed by atoms with van der Waals surface area (Å²) in [4.78, 5) is 0. The van der Waals surface area contributed by atoms with Gasteiger partial charge in [-0.1, -0.05) is 138 Å². The van der Waals surface area contributed by atoms with Crippen molar-refractivity contribution in [3.8, 4) is 0 Å². The molecule has 0 aliphatic rings. The third-order valence-electron chi connectivity index (χ3n) is 6.62. The molecule has 0 radical (unpaired) electrons. The van der Waals surface area contributed by atoms with E-state index >= 15 is 0 Å². The van der Waals surface area contributed by atoms with E-state index in [9.17, 15) is 0 Å². The molecular weight excluding hydrogens is 324 g/mol. The van der Waals surface area contributed by atoms with Gasteiger partial charge in [0.1, 0.15) is 0 Å². The lowest BCUT2D eigenvalue weighted by molar-refractivity contribution is 0.282. The molecule has 0 aliphatic carbocycles. The summed E-state index contributed by atoms with van der Waals surface area (Å²) in [6.07, 6.45) is 27.3. The van der Waals surface area contributed by atoms with Crippen molar-refractivity contribution in [3.05, 3.63) is 0 Å². The van der Waals surface area contributed by atoms with E-state index in [-0.39, 0.29) is 0 Å². The van der Waals surface area contributed by atoms with Crippen molar-refractivity contribution in [3.63, 3.8) is 0 Å². The summed E-state index contributed by atoms with van der Waals surface area (Å²) in [5.74, 6) is 0. The molecule has 0 fully saturated rings. The van der Waals surface area contributed by atoms with E-state index in [1.807, 2.05) is 0 Å². The standard InChI is InChI=1S/C27H56/c1-7-9-11-19-23-27(5,6)25-21-18-16-14-12-13-15-17-20-24-26(3,4)22-10-8-2/h7-25H2,1-6H3. The Kier molecular flexibility index (Phi) is 16.9. The highest BCUT2D eigenvalue weighted by Gasteiger charge is 2.17. The van der Waals surface area contributed by atoms with Crippen LogP contribution in [0, 0.1) is 10.8 Å². The maximum absolute atomic E-state index is 2.49. The molecule has 0 heterocycles. The average Bonchev–Trinajstić information content (AvgIpc) is 2.61. The van der Waals surface area contributed by atoms with E-state index in [0.29, 0.717) is 10.8 Å². The maximum Gasteiger partial charge on any atom is -0.0354 e. The third kappa shape index (κ3) is 19.1. The van der Waals surface area contributed by atoms with Gasteiger partial charge in [0.05, 0.1) is 0 Å². The molecule has 0 spiro atoms. The van der Waals surface area contributed by atoms with Gasteiger partial charge in [-0.3, -0.25) is 0 Å². The molecule has 0 bridgehead atoms. The quantitative estimate of drug-likeness (QED) is 0.184. The highest BCUT2D eigenvalue weighted by atomic mass is 14.2. The van der Waals surface area contributed by atoms with Crippen molar-refractivity contribution in [1.29, 1.82) is 0 Å². The van der Waals surface area contributed by atoms with Crippen LogP contribution in [0.5, 0.6) is 0 Å². The molecular formula is C27H56. The Morgan fingerprint density at radius 2 is 0.593 bits per heavy atom. The van der Waals surface area contributed by atoms with Crippen molar-refractivity contribution in [2.24, 2.45) is 10.8 Å². The van der Waals surface area contributed by atoms with Gasteiger partial charge in [-0.25, -0.2) is 0 Å². The fraction of sp³-hybridized carbons (Fsp3) is 1.00. The van der Waals surface area contributed by atoms with E-state index in [1.165, 1.54) is 122 Å². The Balaban J connectivity index is 3.40. The molecule has 0 saturated carbocycles. The van der Waals surface area contributed by atoms with Crippen LogP contribution in [0.2, 0.25) is 0 Å².